The van der Waals surface area contributed by atoms with Crippen LogP contribution in [0.5, 0.6) is 0 Å². The zero-order chi connectivity index (χ0) is 15.7. The number of primary sulfonamides is 1. The number of anilines is 1. The van der Waals surface area contributed by atoms with Crippen molar-refractivity contribution in [1.82, 2.24) is 14.5 Å². The van der Waals surface area contributed by atoms with Crippen LogP contribution in [-0.2, 0) is 17.1 Å². The van der Waals surface area contributed by atoms with Gasteiger partial charge in [-0.25, -0.2) is 23.5 Å². The summed E-state index contributed by atoms with van der Waals surface area (Å²) in [7, 11) is -1.38. The van der Waals surface area contributed by atoms with Crippen molar-refractivity contribution in [3.8, 4) is 0 Å². The summed E-state index contributed by atoms with van der Waals surface area (Å²) >= 11 is 0. The van der Waals surface area contributed by atoms with Crippen molar-refractivity contribution in [2.45, 2.75) is 19.3 Å². The van der Waals surface area contributed by atoms with Gasteiger partial charge in [0.1, 0.15) is 17.8 Å². The van der Waals surface area contributed by atoms with Crippen LogP contribution in [0.25, 0.3) is 11.0 Å². The Morgan fingerprint density at radius 2 is 2.05 bits per heavy atom. The van der Waals surface area contributed by atoms with Gasteiger partial charge in [0.25, 0.3) is 0 Å². The predicted molar refractivity (Wildman–Crippen MR) is 86.0 cm³/mol. The van der Waals surface area contributed by atoms with Crippen molar-refractivity contribution in [2.24, 2.45) is 18.1 Å². The van der Waals surface area contributed by atoms with Gasteiger partial charge >= 0.3 is 0 Å². The first-order valence-electron chi connectivity index (χ1n) is 7.45. The lowest BCUT2D eigenvalue weighted by atomic mass is 9.94. The van der Waals surface area contributed by atoms with E-state index < -0.39 is 10.0 Å². The predicted octanol–water partition coefficient (Wildman–Crippen LogP) is 0.863. The van der Waals surface area contributed by atoms with Crippen LogP contribution in [0.15, 0.2) is 18.6 Å². The lowest BCUT2D eigenvalue weighted by molar-refractivity contribution is 0.394. The third-order valence-electron chi connectivity index (χ3n) is 4.37. The summed E-state index contributed by atoms with van der Waals surface area (Å²) < 4.78 is 24.1. The van der Waals surface area contributed by atoms with Gasteiger partial charge in [-0.2, -0.15) is 0 Å². The molecule has 8 heteroatoms. The van der Waals surface area contributed by atoms with Crippen LogP contribution in [-0.4, -0.2) is 41.8 Å². The van der Waals surface area contributed by atoms with Gasteiger partial charge in [0, 0.05) is 26.3 Å². The van der Waals surface area contributed by atoms with E-state index in [1.54, 1.807) is 6.33 Å². The van der Waals surface area contributed by atoms with Crippen LogP contribution in [0.4, 0.5) is 5.82 Å². The number of fused-ring (bicyclic) bond motifs is 1. The molecular weight excluding hydrogens is 302 g/mol. The third kappa shape index (κ3) is 3.22. The highest BCUT2D eigenvalue weighted by atomic mass is 32.2. The molecule has 3 rings (SSSR count). The first kappa shape index (κ1) is 15.2. The smallest absolute Gasteiger partial charge is 0.209 e. The Balaban J connectivity index is 1.68. The lowest BCUT2D eigenvalue weighted by Gasteiger charge is -2.33. The molecule has 2 N–H and O–H groups in total. The van der Waals surface area contributed by atoms with Crippen LogP contribution < -0.4 is 10.0 Å². The zero-order valence-corrected chi connectivity index (χ0v) is 13.5. The molecule has 0 aliphatic carbocycles. The van der Waals surface area contributed by atoms with E-state index in [-0.39, 0.29) is 5.75 Å². The topological polar surface area (TPSA) is 94.1 Å². The molecule has 0 bridgehead atoms. The largest absolute Gasteiger partial charge is 0.356 e. The lowest BCUT2D eigenvalue weighted by Crippen LogP contribution is -2.35. The number of sulfonamides is 1. The maximum atomic E-state index is 11.1. The number of aryl methyl sites for hydroxylation is 1. The molecule has 1 aliphatic rings. The second kappa shape index (κ2) is 5.85. The Labute approximate surface area is 130 Å². The fourth-order valence-corrected chi connectivity index (χ4v) is 3.74. The van der Waals surface area contributed by atoms with Crippen LogP contribution in [0.3, 0.4) is 0 Å². The van der Waals surface area contributed by atoms with E-state index in [0.717, 1.165) is 42.8 Å². The molecule has 1 saturated heterocycles. The molecule has 0 radical (unpaired) electrons. The minimum absolute atomic E-state index is 0.0775. The Hall–Kier alpha value is -1.67. The first-order valence-corrected chi connectivity index (χ1v) is 9.17. The monoisotopic (exact) mass is 323 g/mol. The summed E-state index contributed by atoms with van der Waals surface area (Å²) in [6.07, 6.45) is 6.17. The Kier molecular flexibility index (Phi) is 4.05. The third-order valence-corrected chi connectivity index (χ3v) is 5.17. The molecule has 0 atom stereocenters. The normalized spacial score (nSPS) is 17.3. The minimum Gasteiger partial charge on any atom is -0.356 e. The van der Waals surface area contributed by atoms with Gasteiger partial charge in [-0.1, -0.05) is 0 Å². The van der Waals surface area contributed by atoms with Gasteiger partial charge in [0.2, 0.25) is 10.0 Å². The quantitative estimate of drug-likeness (QED) is 0.900. The Morgan fingerprint density at radius 3 is 2.73 bits per heavy atom. The average molecular weight is 323 g/mol. The van der Waals surface area contributed by atoms with Crippen LogP contribution in [0, 0.1) is 5.92 Å². The van der Waals surface area contributed by atoms with Gasteiger partial charge in [-0.15, -0.1) is 0 Å². The first-order chi connectivity index (χ1) is 10.4. The number of piperidine rings is 1. The van der Waals surface area contributed by atoms with Gasteiger partial charge < -0.3 is 9.47 Å². The summed E-state index contributed by atoms with van der Waals surface area (Å²) in [4.78, 5) is 11.0. The zero-order valence-electron chi connectivity index (χ0n) is 12.6. The van der Waals surface area contributed by atoms with Crippen molar-refractivity contribution >= 4 is 26.9 Å². The van der Waals surface area contributed by atoms with Gasteiger partial charge in [-0.3, -0.25) is 0 Å². The highest BCUT2D eigenvalue weighted by Crippen LogP contribution is 2.28. The fourth-order valence-electron chi connectivity index (χ4n) is 3.08. The van der Waals surface area contributed by atoms with E-state index in [9.17, 15) is 8.42 Å². The van der Waals surface area contributed by atoms with E-state index in [2.05, 4.69) is 14.9 Å². The van der Waals surface area contributed by atoms with Crippen molar-refractivity contribution in [2.75, 3.05) is 23.7 Å². The van der Waals surface area contributed by atoms with E-state index in [1.807, 2.05) is 23.9 Å². The highest BCUT2D eigenvalue weighted by Gasteiger charge is 2.23. The molecule has 0 unspecified atom stereocenters. The van der Waals surface area contributed by atoms with Crippen molar-refractivity contribution in [3.63, 3.8) is 0 Å². The number of nitrogens with two attached hydrogens (primary N) is 1. The van der Waals surface area contributed by atoms with Crippen molar-refractivity contribution < 1.29 is 8.42 Å². The van der Waals surface area contributed by atoms with Crippen LogP contribution in [0.1, 0.15) is 19.3 Å². The standard InChI is InChI=1S/C14H21N5O2S/c1-18-6-4-12-13(18)16-10-17-14(12)19-7-2-11(3-8-19)5-9-22(15,20)21/h4,6,10-11H,2-3,5,7-9H2,1H3,(H2,15,20,21). The van der Waals surface area contributed by atoms with Crippen molar-refractivity contribution in [1.29, 1.82) is 0 Å². The molecular formula is C14H21N5O2S. The molecule has 2 aromatic heterocycles. The maximum absolute atomic E-state index is 11.1. The fraction of sp³-hybridized carbons (Fsp3) is 0.571. The summed E-state index contributed by atoms with van der Waals surface area (Å²) in [5.41, 5.74) is 0.932. The van der Waals surface area contributed by atoms with E-state index in [1.165, 1.54) is 0 Å². The highest BCUT2D eigenvalue weighted by molar-refractivity contribution is 7.89. The van der Waals surface area contributed by atoms with Gasteiger partial charge in [-0.05, 0) is 31.2 Å². The molecule has 7 nitrogen and oxygen atoms in total. The molecule has 22 heavy (non-hydrogen) atoms. The minimum atomic E-state index is -3.35. The van der Waals surface area contributed by atoms with E-state index in [4.69, 9.17) is 5.14 Å². The molecule has 3 heterocycles. The molecule has 0 saturated carbocycles. The summed E-state index contributed by atoms with van der Waals surface area (Å²) in [5, 5.41) is 6.14. The van der Waals surface area contributed by atoms with Crippen LogP contribution in [0.2, 0.25) is 0 Å². The molecule has 2 aromatic rings. The van der Waals surface area contributed by atoms with E-state index >= 15 is 0 Å². The number of rotatable bonds is 4. The summed E-state index contributed by atoms with van der Waals surface area (Å²) in [5.74, 6) is 1.46. The number of hydrogen-bond acceptors (Lipinski definition) is 5. The molecule has 120 valence electrons. The molecule has 1 aliphatic heterocycles. The SMILES string of the molecule is Cn1ccc2c(N3CCC(CCS(N)(=O)=O)CC3)ncnc21. The number of nitrogens with zero attached hydrogens (tertiary/aromatic N) is 4. The molecule has 0 aromatic carbocycles. The van der Waals surface area contributed by atoms with E-state index in [0.29, 0.717) is 12.3 Å². The Bertz CT molecular complexity index is 763. The van der Waals surface area contributed by atoms with Crippen LogP contribution >= 0.6 is 0 Å². The average Bonchev–Trinajstić information content (AvgIpc) is 2.87. The summed E-state index contributed by atoms with van der Waals surface area (Å²) in [6.45, 7) is 1.77. The summed E-state index contributed by atoms with van der Waals surface area (Å²) in [6, 6.07) is 2.04. The number of aromatic nitrogens is 3. The van der Waals surface area contributed by atoms with Gasteiger partial charge in [0.05, 0.1) is 11.1 Å². The Morgan fingerprint density at radius 1 is 1.32 bits per heavy atom. The number of hydrogen-bond donors (Lipinski definition) is 1. The van der Waals surface area contributed by atoms with Crippen molar-refractivity contribution in [3.05, 3.63) is 18.6 Å². The molecule has 0 spiro atoms. The second-order valence-corrected chi connectivity index (χ2v) is 7.68. The molecule has 1 fully saturated rings. The maximum Gasteiger partial charge on any atom is 0.209 e. The molecule has 0 amide bonds. The van der Waals surface area contributed by atoms with Gasteiger partial charge in [0.15, 0.2) is 0 Å². The second-order valence-electron chi connectivity index (χ2n) is 5.95.